The smallest absolute Gasteiger partial charge is 1.00 e. The maximum Gasteiger partial charge on any atom is 1.00 e. The second kappa shape index (κ2) is 9.22. The second-order valence-corrected chi connectivity index (χ2v) is 4.23. The van der Waals surface area contributed by atoms with Crippen LogP contribution in [-0.4, -0.2) is 12.0 Å². The minimum absolute atomic E-state index is 0. The molecule has 0 radical (unpaired) electrons. The molecule has 0 aromatic heterocycles. The quantitative estimate of drug-likeness (QED) is 0.382. The zero-order chi connectivity index (χ0) is 8.27. The molecule has 13 heavy (non-hydrogen) atoms. The van der Waals surface area contributed by atoms with Crippen LogP contribution in [0.4, 0.5) is 8.63 Å². The van der Waals surface area contributed by atoms with Crippen molar-refractivity contribution in [3.05, 3.63) is 0 Å². The second-order valence-electron chi connectivity index (χ2n) is 3.18. The molecule has 0 spiro atoms. The molecule has 6 heteroatoms. The minimum atomic E-state index is -2.20. The largest absolute Gasteiger partial charge is 1.00 e. The van der Waals surface area contributed by atoms with Gasteiger partial charge in [0.15, 0.2) is 0 Å². The van der Waals surface area contributed by atoms with E-state index in [1.807, 2.05) is 0 Å². The first-order valence-corrected chi connectivity index (χ1v) is 5.05. The molecule has 0 amide bonds. The number of hydrogen-bond donors (Lipinski definition) is 0. The van der Waals surface area contributed by atoms with E-state index in [0.29, 0.717) is 0 Å². The number of rotatable bonds is 2. The standard InChI is InChI=1S/C7H12BBrF2.FH.K/c9-7(8(10)11)6-4-2-1-3-5-6;;/h6-7H,1-5H2;1H;/q;;+1/p-1. The first-order valence-electron chi connectivity index (χ1n) is 4.14. The van der Waals surface area contributed by atoms with Gasteiger partial charge in [0.05, 0.1) is 4.73 Å². The van der Waals surface area contributed by atoms with E-state index < -0.39 is 12.0 Å². The van der Waals surface area contributed by atoms with Crippen molar-refractivity contribution >= 4 is 23.2 Å². The van der Waals surface area contributed by atoms with Gasteiger partial charge in [0.1, 0.15) is 0 Å². The third-order valence-electron chi connectivity index (χ3n) is 2.34. The van der Waals surface area contributed by atoms with Gasteiger partial charge >= 0.3 is 58.7 Å². The summed E-state index contributed by atoms with van der Waals surface area (Å²) < 4.78 is 23.8. The summed E-state index contributed by atoms with van der Waals surface area (Å²) in [5, 5.41) is 0. The van der Waals surface area contributed by atoms with Crippen LogP contribution in [0.5, 0.6) is 0 Å². The van der Waals surface area contributed by atoms with E-state index in [0.717, 1.165) is 25.7 Å². The van der Waals surface area contributed by atoms with Crippen molar-refractivity contribution in [2.45, 2.75) is 36.8 Å². The van der Waals surface area contributed by atoms with Crippen LogP contribution in [0.3, 0.4) is 0 Å². The Morgan fingerprint density at radius 3 is 2.00 bits per heavy atom. The molecule has 1 fully saturated rings. The fourth-order valence-corrected chi connectivity index (χ4v) is 2.19. The molecule has 0 nitrogen and oxygen atoms in total. The van der Waals surface area contributed by atoms with Gasteiger partial charge in [-0.05, 0) is 18.8 Å². The molecule has 0 bridgehead atoms. The summed E-state index contributed by atoms with van der Waals surface area (Å²) in [5.74, 6) is 0.212. The van der Waals surface area contributed by atoms with Gasteiger partial charge < -0.3 is 4.70 Å². The monoisotopic (exact) mass is 282 g/mol. The molecule has 0 aromatic carbocycles. The third kappa shape index (κ3) is 6.20. The fourth-order valence-electron chi connectivity index (χ4n) is 1.66. The van der Waals surface area contributed by atoms with Crippen LogP contribution in [0.25, 0.3) is 0 Å². The Bertz CT molecular complexity index is 122. The summed E-state index contributed by atoms with van der Waals surface area (Å²) in [6, 6.07) is 0. The molecular formula is C7H12BBrF3K. The van der Waals surface area contributed by atoms with Gasteiger partial charge in [-0.2, -0.15) is 0 Å². The van der Waals surface area contributed by atoms with Crippen LogP contribution in [0, 0.1) is 5.92 Å². The Labute approximate surface area is 129 Å². The van der Waals surface area contributed by atoms with Gasteiger partial charge in [-0.25, -0.2) is 0 Å². The first-order chi connectivity index (χ1) is 5.22. The van der Waals surface area contributed by atoms with Crippen LogP contribution in [0.2, 0.25) is 0 Å². The fraction of sp³-hybridized carbons (Fsp3) is 1.00. The zero-order valence-electron chi connectivity index (χ0n) is 7.78. The summed E-state index contributed by atoms with van der Waals surface area (Å²) >= 11 is 3.05. The average molecular weight is 283 g/mol. The zero-order valence-corrected chi connectivity index (χ0v) is 12.5. The number of halogens is 4. The maximum absolute atomic E-state index is 12.2. The predicted octanol–water partition coefficient (Wildman–Crippen LogP) is -2.70. The van der Waals surface area contributed by atoms with Crippen molar-refractivity contribution in [1.29, 1.82) is 0 Å². The first kappa shape index (κ1) is 17.4. The summed E-state index contributed by atoms with van der Waals surface area (Å²) in [5.41, 5.74) is 0. The van der Waals surface area contributed by atoms with E-state index in [-0.39, 0.29) is 62.0 Å². The molecule has 1 aliphatic rings. The minimum Gasteiger partial charge on any atom is -1.00 e. The van der Waals surface area contributed by atoms with E-state index >= 15 is 0 Å². The van der Waals surface area contributed by atoms with Crippen LogP contribution in [0.15, 0.2) is 0 Å². The third-order valence-corrected chi connectivity index (χ3v) is 3.49. The molecule has 0 saturated heterocycles. The molecule has 1 rings (SSSR count). The molecule has 0 N–H and O–H groups in total. The van der Waals surface area contributed by atoms with Gasteiger partial charge in [-0.1, -0.05) is 35.2 Å². The van der Waals surface area contributed by atoms with E-state index in [4.69, 9.17) is 0 Å². The van der Waals surface area contributed by atoms with E-state index in [1.54, 1.807) is 0 Å². The van der Waals surface area contributed by atoms with E-state index in [2.05, 4.69) is 15.9 Å². The Kier molecular flexibility index (Phi) is 12.3. The molecule has 0 aromatic rings. The van der Waals surface area contributed by atoms with Gasteiger partial charge in [0.25, 0.3) is 0 Å². The maximum atomic E-state index is 12.2. The van der Waals surface area contributed by atoms with Gasteiger partial charge in [0.2, 0.25) is 0 Å². The van der Waals surface area contributed by atoms with Gasteiger partial charge in [0, 0.05) is 0 Å². The van der Waals surface area contributed by atoms with Crippen molar-refractivity contribution in [3.63, 3.8) is 0 Å². The van der Waals surface area contributed by atoms with E-state index in [1.165, 1.54) is 6.42 Å². The molecule has 0 aliphatic heterocycles. The van der Waals surface area contributed by atoms with Crippen LogP contribution in [-0.2, 0) is 0 Å². The van der Waals surface area contributed by atoms with Gasteiger partial charge in [-0.15, -0.1) is 0 Å². The van der Waals surface area contributed by atoms with Crippen molar-refractivity contribution in [2.75, 3.05) is 0 Å². The average Bonchev–Trinajstić information content (AvgIpc) is 2.05. The molecule has 1 unspecified atom stereocenters. The molecule has 1 aliphatic carbocycles. The van der Waals surface area contributed by atoms with Crippen molar-refractivity contribution in [3.8, 4) is 0 Å². The van der Waals surface area contributed by atoms with Crippen LogP contribution >= 0.6 is 15.9 Å². The topological polar surface area (TPSA) is 0 Å². The normalized spacial score (nSPS) is 19.6. The van der Waals surface area contributed by atoms with Crippen LogP contribution in [0.1, 0.15) is 32.1 Å². The molecule has 1 atom stereocenters. The molecular weight excluding hydrogens is 271 g/mol. The summed E-state index contributed by atoms with van der Waals surface area (Å²) in [6.07, 6.45) is 5.42. The Morgan fingerprint density at radius 2 is 1.62 bits per heavy atom. The van der Waals surface area contributed by atoms with E-state index in [9.17, 15) is 8.63 Å². The molecule has 1 saturated carbocycles. The Morgan fingerprint density at radius 1 is 1.15 bits per heavy atom. The Hall–Kier alpha value is 1.97. The van der Waals surface area contributed by atoms with Gasteiger partial charge in [-0.3, -0.25) is 8.63 Å². The SMILES string of the molecule is FB(F)C(Br)C1CCCCC1.[F-].[K+]. The molecule has 0 heterocycles. The summed E-state index contributed by atoms with van der Waals surface area (Å²) in [7, 11) is -2.20. The summed E-state index contributed by atoms with van der Waals surface area (Å²) in [6.45, 7) is 0. The van der Waals surface area contributed by atoms with Crippen molar-refractivity contribution < 1.29 is 64.7 Å². The van der Waals surface area contributed by atoms with Crippen molar-refractivity contribution in [2.24, 2.45) is 5.92 Å². The summed E-state index contributed by atoms with van der Waals surface area (Å²) in [4.78, 5) is 0. The van der Waals surface area contributed by atoms with Crippen LogP contribution < -0.4 is 56.1 Å². The number of hydrogen-bond acceptors (Lipinski definition) is 0. The predicted molar refractivity (Wildman–Crippen MR) is 47.3 cm³/mol. The molecule has 72 valence electrons. The Balaban J connectivity index is 0. The number of alkyl halides is 1. The van der Waals surface area contributed by atoms with Crippen molar-refractivity contribution in [1.82, 2.24) is 0 Å².